The molecule has 4 nitrogen and oxygen atoms in total. The molecule has 3 rings (SSSR count). The standard InChI is InChI=1S/C21H20F3N3O/c1-14-26-19(16-6-4-8-18(12-16)28-2)13-20(27-14)25-10-9-15-5-3-7-17(11-15)21(22,23)24/h3-8,11-13H,9-10H2,1-2H3,(H,25,26,27). The molecule has 0 aliphatic rings. The van der Waals surface area contributed by atoms with Gasteiger partial charge in [0.05, 0.1) is 18.4 Å². The maximum absolute atomic E-state index is 12.8. The molecular formula is C21H20F3N3O. The number of aryl methyl sites for hydroxylation is 1. The van der Waals surface area contributed by atoms with Gasteiger partial charge in [0.15, 0.2) is 0 Å². The van der Waals surface area contributed by atoms with E-state index in [0.717, 1.165) is 23.1 Å². The van der Waals surface area contributed by atoms with Gasteiger partial charge in [0, 0.05) is 18.2 Å². The van der Waals surface area contributed by atoms with Crippen LogP contribution in [0.15, 0.2) is 54.6 Å². The number of nitrogens with one attached hydrogen (secondary N) is 1. The van der Waals surface area contributed by atoms with Gasteiger partial charge in [0.25, 0.3) is 0 Å². The molecule has 3 aromatic rings. The van der Waals surface area contributed by atoms with Gasteiger partial charge in [-0.05, 0) is 37.1 Å². The average Bonchev–Trinajstić information content (AvgIpc) is 2.67. The first-order valence-corrected chi connectivity index (χ1v) is 8.75. The number of benzene rings is 2. The predicted molar refractivity (Wildman–Crippen MR) is 102 cm³/mol. The smallest absolute Gasteiger partial charge is 0.416 e. The summed E-state index contributed by atoms with van der Waals surface area (Å²) >= 11 is 0. The van der Waals surface area contributed by atoms with Crippen LogP contribution in [0.2, 0.25) is 0 Å². The van der Waals surface area contributed by atoms with Crippen molar-refractivity contribution in [2.75, 3.05) is 19.0 Å². The highest BCUT2D eigenvalue weighted by Gasteiger charge is 2.30. The Morgan fingerprint density at radius 1 is 1.00 bits per heavy atom. The first kappa shape index (κ1) is 19.7. The third kappa shape index (κ3) is 5.00. The Kier molecular flexibility index (Phi) is 5.82. The van der Waals surface area contributed by atoms with Crippen molar-refractivity contribution in [2.24, 2.45) is 0 Å². The second kappa shape index (κ2) is 8.29. The molecule has 0 bridgehead atoms. The molecule has 1 aromatic heterocycles. The third-order valence-corrected chi connectivity index (χ3v) is 4.18. The summed E-state index contributed by atoms with van der Waals surface area (Å²) in [6.45, 7) is 2.25. The highest BCUT2D eigenvalue weighted by Crippen LogP contribution is 2.29. The van der Waals surface area contributed by atoms with Gasteiger partial charge in [-0.25, -0.2) is 9.97 Å². The van der Waals surface area contributed by atoms with Crippen molar-refractivity contribution < 1.29 is 17.9 Å². The number of hydrogen-bond donors (Lipinski definition) is 1. The van der Waals surface area contributed by atoms with E-state index >= 15 is 0 Å². The molecule has 0 saturated carbocycles. The largest absolute Gasteiger partial charge is 0.497 e. The Balaban J connectivity index is 1.71. The third-order valence-electron chi connectivity index (χ3n) is 4.18. The molecule has 1 heterocycles. The number of ether oxygens (including phenoxy) is 1. The van der Waals surface area contributed by atoms with Crippen LogP contribution >= 0.6 is 0 Å². The number of alkyl halides is 3. The zero-order chi connectivity index (χ0) is 20.1. The highest BCUT2D eigenvalue weighted by molar-refractivity contribution is 5.64. The summed E-state index contributed by atoms with van der Waals surface area (Å²) < 4.78 is 43.7. The van der Waals surface area contributed by atoms with E-state index in [1.807, 2.05) is 30.3 Å². The Hall–Kier alpha value is -3.09. The van der Waals surface area contributed by atoms with Gasteiger partial charge in [0.2, 0.25) is 0 Å². The molecule has 0 unspecified atom stereocenters. The second-order valence-electron chi connectivity index (χ2n) is 6.29. The quantitative estimate of drug-likeness (QED) is 0.637. The van der Waals surface area contributed by atoms with E-state index in [4.69, 9.17) is 4.74 Å². The number of nitrogens with zero attached hydrogens (tertiary/aromatic N) is 2. The monoisotopic (exact) mass is 387 g/mol. The molecule has 0 atom stereocenters. The lowest BCUT2D eigenvalue weighted by molar-refractivity contribution is -0.137. The molecule has 0 radical (unpaired) electrons. The fourth-order valence-electron chi connectivity index (χ4n) is 2.83. The van der Waals surface area contributed by atoms with Crippen molar-refractivity contribution >= 4 is 5.82 Å². The van der Waals surface area contributed by atoms with Crippen LogP contribution in [0.25, 0.3) is 11.3 Å². The maximum Gasteiger partial charge on any atom is 0.416 e. The number of aromatic nitrogens is 2. The zero-order valence-electron chi connectivity index (χ0n) is 15.5. The molecule has 0 aliphatic carbocycles. The number of anilines is 1. The normalized spacial score (nSPS) is 11.3. The molecule has 2 aromatic carbocycles. The molecule has 0 spiro atoms. The van der Waals surface area contributed by atoms with Crippen molar-refractivity contribution in [3.8, 4) is 17.0 Å². The van der Waals surface area contributed by atoms with Crippen LogP contribution in [0.4, 0.5) is 19.0 Å². The van der Waals surface area contributed by atoms with E-state index in [-0.39, 0.29) is 0 Å². The van der Waals surface area contributed by atoms with Crippen molar-refractivity contribution in [3.05, 3.63) is 71.5 Å². The van der Waals surface area contributed by atoms with E-state index < -0.39 is 11.7 Å². The van der Waals surface area contributed by atoms with Gasteiger partial charge >= 0.3 is 6.18 Å². The van der Waals surface area contributed by atoms with Crippen LogP contribution < -0.4 is 10.1 Å². The summed E-state index contributed by atoms with van der Waals surface area (Å²) in [6.07, 6.45) is -3.89. The van der Waals surface area contributed by atoms with Crippen LogP contribution in [-0.2, 0) is 12.6 Å². The van der Waals surface area contributed by atoms with Crippen LogP contribution in [0.5, 0.6) is 5.75 Å². The topological polar surface area (TPSA) is 47.0 Å². The molecule has 28 heavy (non-hydrogen) atoms. The lowest BCUT2D eigenvalue weighted by Crippen LogP contribution is -2.09. The summed E-state index contributed by atoms with van der Waals surface area (Å²) in [5.41, 5.74) is 1.61. The lowest BCUT2D eigenvalue weighted by Gasteiger charge is -2.11. The molecule has 7 heteroatoms. The summed E-state index contributed by atoms with van der Waals surface area (Å²) in [4.78, 5) is 8.81. The van der Waals surface area contributed by atoms with Crippen LogP contribution in [0.3, 0.4) is 0 Å². The van der Waals surface area contributed by atoms with E-state index in [1.165, 1.54) is 12.1 Å². The van der Waals surface area contributed by atoms with E-state index in [0.29, 0.717) is 30.2 Å². The SMILES string of the molecule is COc1cccc(-c2cc(NCCc3cccc(C(F)(F)F)c3)nc(C)n2)c1. The fourth-order valence-corrected chi connectivity index (χ4v) is 2.83. The van der Waals surface area contributed by atoms with Crippen molar-refractivity contribution in [1.29, 1.82) is 0 Å². The molecule has 1 N–H and O–H groups in total. The molecule has 0 amide bonds. The molecular weight excluding hydrogens is 367 g/mol. The van der Waals surface area contributed by atoms with E-state index in [1.54, 1.807) is 20.1 Å². The van der Waals surface area contributed by atoms with Crippen molar-refractivity contribution in [1.82, 2.24) is 9.97 Å². The molecule has 0 saturated heterocycles. The fraction of sp³-hybridized carbons (Fsp3) is 0.238. The van der Waals surface area contributed by atoms with Gasteiger partial charge < -0.3 is 10.1 Å². The van der Waals surface area contributed by atoms with Gasteiger partial charge in [-0.15, -0.1) is 0 Å². The number of hydrogen-bond acceptors (Lipinski definition) is 4. The van der Waals surface area contributed by atoms with Crippen LogP contribution in [0, 0.1) is 6.92 Å². The van der Waals surface area contributed by atoms with Crippen LogP contribution in [0.1, 0.15) is 17.0 Å². The minimum absolute atomic E-state index is 0.446. The predicted octanol–water partition coefficient (Wildman–Crippen LogP) is 5.13. The van der Waals surface area contributed by atoms with Gasteiger partial charge in [-0.1, -0.05) is 30.3 Å². The lowest BCUT2D eigenvalue weighted by atomic mass is 10.1. The second-order valence-corrected chi connectivity index (χ2v) is 6.29. The molecule has 0 aliphatic heterocycles. The minimum atomic E-state index is -4.33. The summed E-state index contributed by atoms with van der Waals surface area (Å²) in [6, 6.07) is 14.7. The first-order chi connectivity index (χ1) is 13.3. The van der Waals surface area contributed by atoms with Crippen molar-refractivity contribution in [2.45, 2.75) is 19.5 Å². The number of methoxy groups -OCH3 is 1. The van der Waals surface area contributed by atoms with Gasteiger partial charge in [-0.3, -0.25) is 0 Å². The highest BCUT2D eigenvalue weighted by atomic mass is 19.4. The minimum Gasteiger partial charge on any atom is -0.497 e. The van der Waals surface area contributed by atoms with E-state index in [2.05, 4.69) is 15.3 Å². The Bertz CT molecular complexity index is 958. The Labute approximate surface area is 161 Å². The van der Waals surface area contributed by atoms with Gasteiger partial charge in [0.1, 0.15) is 17.4 Å². The summed E-state index contributed by atoms with van der Waals surface area (Å²) in [7, 11) is 1.60. The maximum atomic E-state index is 12.8. The van der Waals surface area contributed by atoms with Gasteiger partial charge in [-0.2, -0.15) is 13.2 Å². The Morgan fingerprint density at radius 3 is 2.54 bits per heavy atom. The van der Waals surface area contributed by atoms with E-state index in [9.17, 15) is 13.2 Å². The average molecular weight is 387 g/mol. The molecule has 146 valence electrons. The Morgan fingerprint density at radius 2 is 1.79 bits per heavy atom. The zero-order valence-corrected chi connectivity index (χ0v) is 15.5. The van der Waals surface area contributed by atoms with Crippen molar-refractivity contribution in [3.63, 3.8) is 0 Å². The number of halogens is 3. The first-order valence-electron chi connectivity index (χ1n) is 8.75. The van der Waals surface area contributed by atoms with Crippen LogP contribution in [-0.4, -0.2) is 23.6 Å². The number of rotatable bonds is 6. The molecule has 0 fully saturated rings. The summed E-state index contributed by atoms with van der Waals surface area (Å²) in [5.74, 6) is 1.95. The summed E-state index contributed by atoms with van der Waals surface area (Å²) in [5, 5.41) is 3.17.